The molecule has 6 nitrogen and oxygen atoms in total. The number of piperidine rings is 1. The van der Waals surface area contributed by atoms with Gasteiger partial charge in [0.05, 0.1) is 0 Å². The van der Waals surface area contributed by atoms with Crippen LogP contribution in [0.25, 0.3) is 0 Å². The molecule has 0 spiro atoms. The van der Waals surface area contributed by atoms with E-state index in [1.165, 1.54) is 5.69 Å². The molecular weight excluding hydrogens is 304 g/mol. The van der Waals surface area contributed by atoms with E-state index in [1.54, 1.807) is 0 Å². The van der Waals surface area contributed by atoms with Gasteiger partial charge >= 0.3 is 0 Å². The van der Waals surface area contributed by atoms with E-state index < -0.39 is 0 Å². The Balaban J connectivity index is 1.51. The van der Waals surface area contributed by atoms with Crippen molar-refractivity contribution in [3.05, 3.63) is 35.5 Å². The number of nitrogens with zero attached hydrogens (tertiary/aromatic N) is 4. The summed E-state index contributed by atoms with van der Waals surface area (Å²) in [7, 11) is 2.00. The highest BCUT2D eigenvalue weighted by molar-refractivity contribution is 5.93. The van der Waals surface area contributed by atoms with Crippen molar-refractivity contribution in [3.63, 3.8) is 0 Å². The van der Waals surface area contributed by atoms with Crippen molar-refractivity contribution in [2.24, 2.45) is 7.05 Å². The highest BCUT2D eigenvalue weighted by Crippen LogP contribution is 2.43. The third-order valence-corrected chi connectivity index (χ3v) is 5.52. The van der Waals surface area contributed by atoms with Gasteiger partial charge in [0.1, 0.15) is 5.76 Å². The van der Waals surface area contributed by atoms with Gasteiger partial charge in [-0.2, -0.15) is 5.10 Å². The zero-order chi connectivity index (χ0) is 16.7. The van der Waals surface area contributed by atoms with E-state index in [-0.39, 0.29) is 5.91 Å². The molecule has 2 aliphatic rings. The Hall–Kier alpha value is -2.11. The van der Waals surface area contributed by atoms with Crippen molar-refractivity contribution < 1.29 is 9.32 Å². The normalized spacial score (nSPS) is 26.1. The third kappa shape index (κ3) is 2.54. The third-order valence-electron chi connectivity index (χ3n) is 5.52. The topological polar surface area (TPSA) is 64.2 Å². The lowest BCUT2D eigenvalue weighted by atomic mass is 9.88. The first-order valence-electron chi connectivity index (χ1n) is 8.93. The van der Waals surface area contributed by atoms with Crippen LogP contribution in [0.2, 0.25) is 0 Å². The molecule has 2 aromatic rings. The molecule has 0 saturated carbocycles. The lowest BCUT2D eigenvalue weighted by Crippen LogP contribution is -2.46. The van der Waals surface area contributed by atoms with Crippen LogP contribution in [0.1, 0.15) is 66.9 Å². The van der Waals surface area contributed by atoms with Gasteiger partial charge in [0.25, 0.3) is 5.91 Å². The summed E-state index contributed by atoms with van der Waals surface area (Å²) < 4.78 is 7.26. The van der Waals surface area contributed by atoms with Crippen molar-refractivity contribution in [3.8, 4) is 0 Å². The number of rotatable bonds is 4. The zero-order valence-electron chi connectivity index (χ0n) is 14.3. The van der Waals surface area contributed by atoms with Gasteiger partial charge in [-0.1, -0.05) is 12.1 Å². The molecule has 2 atom stereocenters. The first-order valence-corrected chi connectivity index (χ1v) is 8.93. The average Bonchev–Trinajstić information content (AvgIpc) is 3.26. The Morgan fingerprint density at radius 3 is 2.71 bits per heavy atom. The highest BCUT2D eigenvalue weighted by Gasteiger charge is 2.44. The van der Waals surface area contributed by atoms with Crippen LogP contribution >= 0.6 is 0 Å². The molecule has 2 bridgehead atoms. The summed E-state index contributed by atoms with van der Waals surface area (Å²) in [5.41, 5.74) is 1.75. The van der Waals surface area contributed by atoms with Gasteiger partial charge in [-0.15, -0.1) is 0 Å². The van der Waals surface area contributed by atoms with Crippen LogP contribution in [0.5, 0.6) is 0 Å². The van der Waals surface area contributed by atoms with Gasteiger partial charge in [-0.3, -0.25) is 9.48 Å². The van der Waals surface area contributed by atoms with E-state index in [9.17, 15) is 4.79 Å². The molecule has 0 N–H and O–H groups in total. The van der Waals surface area contributed by atoms with E-state index in [0.717, 1.165) is 44.3 Å². The minimum Gasteiger partial charge on any atom is -0.361 e. The highest BCUT2D eigenvalue weighted by atomic mass is 16.5. The fourth-order valence-corrected chi connectivity index (χ4v) is 4.44. The Bertz CT molecular complexity index is 721. The first kappa shape index (κ1) is 15.4. The number of carbonyl (C=O) groups is 1. The van der Waals surface area contributed by atoms with E-state index >= 15 is 0 Å². The summed E-state index contributed by atoms with van der Waals surface area (Å²) in [6, 6.07) is 4.54. The molecule has 2 saturated heterocycles. The van der Waals surface area contributed by atoms with Crippen LogP contribution in [-0.2, 0) is 13.5 Å². The predicted molar refractivity (Wildman–Crippen MR) is 88.7 cm³/mol. The van der Waals surface area contributed by atoms with Gasteiger partial charge in [0, 0.05) is 49.4 Å². The van der Waals surface area contributed by atoms with Crippen LogP contribution in [0.15, 0.2) is 22.9 Å². The molecule has 0 aliphatic carbocycles. The molecule has 2 aromatic heterocycles. The smallest absolute Gasteiger partial charge is 0.276 e. The molecule has 4 rings (SSSR count). The maximum absolute atomic E-state index is 12.9. The number of hydrogen-bond acceptors (Lipinski definition) is 4. The second-order valence-electron chi connectivity index (χ2n) is 7.07. The zero-order valence-corrected chi connectivity index (χ0v) is 14.3. The van der Waals surface area contributed by atoms with Crippen LogP contribution in [0.3, 0.4) is 0 Å². The quantitative estimate of drug-likeness (QED) is 0.865. The van der Waals surface area contributed by atoms with Crippen LogP contribution in [-0.4, -0.2) is 37.8 Å². The van der Waals surface area contributed by atoms with Gasteiger partial charge in [-0.25, -0.2) is 0 Å². The molecule has 0 radical (unpaired) electrons. The second-order valence-corrected chi connectivity index (χ2v) is 7.07. The Morgan fingerprint density at radius 1 is 1.33 bits per heavy atom. The van der Waals surface area contributed by atoms with Crippen LogP contribution in [0.4, 0.5) is 0 Å². The molecule has 0 aromatic carbocycles. The fraction of sp³-hybridized carbons (Fsp3) is 0.611. The Kier molecular flexibility index (Phi) is 3.90. The molecular formula is C18H24N4O2. The average molecular weight is 328 g/mol. The van der Waals surface area contributed by atoms with Crippen molar-refractivity contribution >= 4 is 5.91 Å². The molecule has 24 heavy (non-hydrogen) atoms. The monoisotopic (exact) mass is 328 g/mol. The van der Waals surface area contributed by atoms with Crippen molar-refractivity contribution in [2.45, 2.75) is 63.5 Å². The first-order chi connectivity index (χ1) is 11.7. The summed E-state index contributed by atoms with van der Waals surface area (Å²) in [6.45, 7) is 2.09. The summed E-state index contributed by atoms with van der Waals surface area (Å²) in [6.07, 6.45) is 7.89. The maximum atomic E-state index is 12.9. The standard InChI is InChI=1S/C18H24N4O2/c1-3-4-15-11-16(20-24-15)18(23)22-13-5-6-14(22)10-12(9-13)17-7-8-19-21(17)2/h7-8,11-14H,3-6,9-10H2,1-2H3. The molecule has 1 amide bonds. The van der Waals surface area contributed by atoms with Gasteiger partial charge in [-0.05, 0) is 38.2 Å². The van der Waals surface area contributed by atoms with Crippen molar-refractivity contribution in [1.82, 2.24) is 19.8 Å². The molecule has 2 fully saturated rings. The van der Waals surface area contributed by atoms with E-state index in [2.05, 4.69) is 28.1 Å². The predicted octanol–water partition coefficient (Wildman–Crippen LogP) is 2.91. The molecule has 2 unspecified atom stereocenters. The number of amides is 1. The van der Waals surface area contributed by atoms with Gasteiger partial charge in [0.15, 0.2) is 5.69 Å². The minimum atomic E-state index is 0.0389. The Morgan fingerprint density at radius 2 is 2.08 bits per heavy atom. The molecule has 4 heterocycles. The second kappa shape index (κ2) is 6.07. The SMILES string of the molecule is CCCc1cc(C(=O)N2C3CCC2CC(c2ccnn2C)C3)no1. The molecule has 128 valence electrons. The maximum Gasteiger partial charge on any atom is 0.276 e. The van der Waals surface area contributed by atoms with Gasteiger partial charge in [0.2, 0.25) is 0 Å². The summed E-state index contributed by atoms with van der Waals surface area (Å²) in [5.74, 6) is 1.34. The number of aromatic nitrogens is 3. The van der Waals surface area contributed by atoms with Crippen LogP contribution < -0.4 is 0 Å². The fourth-order valence-electron chi connectivity index (χ4n) is 4.44. The number of aryl methyl sites for hydroxylation is 2. The van der Waals surface area contributed by atoms with Crippen molar-refractivity contribution in [2.75, 3.05) is 0 Å². The number of hydrogen-bond donors (Lipinski definition) is 0. The Labute approximate surface area is 141 Å². The lowest BCUT2D eigenvalue weighted by molar-refractivity contribution is 0.0557. The van der Waals surface area contributed by atoms with E-state index in [1.807, 2.05) is 24.0 Å². The number of fused-ring (bicyclic) bond motifs is 2. The summed E-state index contributed by atoms with van der Waals surface area (Å²) >= 11 is 0. The number of carbonyl (C=O) groups excluding carboxylic acids is 1. The largest absolute Gasteiger partial charge is 0.361 e. The van der Waals surface area contributed by atoms with Crippen LogP contribution in [0, 0.1) is 0 Å². The van der Waals surface area contributed by atoms with Crippen molar-refractivity contribution in [1.29, 1.82) is 0 Å². The molecule has 6 heteroatoms. The summed E-state index contributed by atoms with van der Waals surface area (Å²) in [4.78, 5) is 15.0. The molecule has 2 aliphatic heterocycles. The van der Waals surface area contributed by atoms with E-state index in [4.69, 9.17) is 4.52 Å². The van der Waals surface area contributed by atoms with Gasteiger partial charge < -0.3 is 9.42 Å². The summed E-state index contributed by atoms with van der Waals surface area (Å²) in [5, 5.41) is 8.31. The van der Waals surface area contributed by atoms with E-state index in [0.29, 0.717) is 23.7 Å². The lowest BCUT2D eigenvalue weighted by Gasteiger charge is -2.38. The minimum absolute atomic E-state index is 0.0389.